The quantitative estimate of drug-likeness (QED) is 0.206. The second-order valence-electron chi connectivity index (χ2n) is 11.0. The Balaban J connectivity index is 1.17. The molecule has 0 unspecified atom stereocenters. The van der Waals surface area contributed by atoms with Gasteiger partial charge in [-0.2, -0.15) is 0 Å². The zero-order chi connectivity index (χ0) is 31.9. The van der Waals surface area contributed by atoms with E-state index < -0.39 is 0 Å². The Hall–Kier alpha value is -6.42. The number of hydrogen-bond donors (Lipinski definition) is 2. The standard InChI is InChI=1S/C36H26N6O4/c1-21-7-6-10-31(43)33(21)41-20-30(38-39-41)36(46)26-14-12-23-11-13-25(16-28(23)17-26)27-15-22(2)34(32(44)18-27)42-19-29(37-40-42)35(45)24-8-4-3-5-9-24/h3-20,43-44H,1-2H3. The average Bonchev–Trinajstić information content (AvgIpc) is 3.75. The van der Waals surface area contributed by atoms with E-state index in [4.69, 9.17) is 0 Å². The second-order valence-corrected chi connectivity index (χ2v) is 11.0. The van der Waals surface area contributed by atoms with E-state index >= 15 is 0 Å². The highest BCUT2D eigenvalue weighted by molar-refractivity contribution is 6.09. The molecule has 0 aliphatic heterocycles. The Morgan fingerprint density at radius 3 is 1.89 bits per heavy atom. The number of phenols is 2. The number of fused-ring (bicyclic) bond motifs is 1. The minimum atomic E-state index is -0.303. The van der Waals surface area contributed by atoms with Crippen LogP contribution in [-0.4, -0.2) is 51.8 Å². The van der Waals surface area contributed by atoms with E-state index in [9.17, 15) is 19.8 Å². The fourth-order valence-corrected chi connectivity index (χ4v) is 5.57. The second kappa shape index (κ2) is 11.3. The number of hydrogen-bond acceptors (Lipinski definition) is 8. The van der Waals surface area contributed by atoms with Crippen molar-refractivity contribution in [2.24, 2.45) is 0 Å². The first kappa shape index (κ1) is 28.4. The summed E-state index contributed by atoms with van der Waals surface area (Å²) in [6.45, 7) is 3.69. The number of ketones is 2. The van der Waals surface area contributed by atoms with Crippen molar-refractivity contribution in [3.05, 3.63) is 143 Å². The number of para-hydroxylation sites is 1. The molecule has 0 radical (unpaired) electrons. The van der Waals surface area contributed by atoms with Crippen molar-refractivity contribution in [1.82, 2.24) is 30.0 Å². The van der Waals surface area contributed by atoms with Crippen LogP contribution < -0.4 is 0 Å². The lowest BCUT2D eigenvalue weighted by molar-refractivity contribution is 0.102. The van der Waals surface area contributed by atoms with Crippen molar-refractivity contribution in [3.8, 4) is 34.0 Å². The topological polar surface area (TPSA) is 136 Å². The summed E-state index contributed by atoms with van der Waals surface area (Å²) in [5.41, 5.74) is 5.26. The van der Waals surface area contributed by atoms with Gasteiger partial charge in [-0.25, -0.2) is 9.36 Å². The Labute approximate surface area is 262 Å². The molecule has 0 saturated carbocycles. The lowest BCUT2D eigenvalue weighted by Crippen LogP contribution is -2.02. The molecule has 0 bridgehead atoms. The molecule has 10 nitrogen and oxygen atoms in total. The van der Waals surface area contributed by atoms with Gasteiger partial charge in [0.2, 0.25) is 11.6 Å². The van der Waals surface area contributed by atoms with Gasteiger partial charge in [-0.1, -0.05) is 77.2 Å². The largest absolute Gasteiger partial charge is 0.506 e. The molecule has 0 fully saturated rings. The predicted molar refractivity (Wildman–Crippen MR) is 172 cm³/mol. The highest BCUT2D eigenvalue weighted by Crippen LogP contribution is 2.34. The molecule has 0 aliphatic carbocycles. The molecular weight excluding hydrogens is 580 g/mol. The summed E-state index contributed by atoms with van der Waals surface area (Å²) in [7, 11) is 0. The molecule has 10 heteroatoms. The fraction of sp³-hybridized carbons (Fsp3) is 0.0556. The van der Waals surface area contributed by atoms with Gasteiger partial charge in [-0.05, 0) is 77.2 Å². The molecule has 0 amide bonds. The first-order valence-corrected chi connectivity index (χ1v) is 14.4. The summed E-state index contributed by atoms with van der Waals surface area (Å²) < 4.78 is 2.80. The Morgan fingerprint density at radius 1 is 0.565 bits per heavy atom. The first-order chi connectivity index (χ1) is 22.3. The van der Waals surface area contributed by atoms with E-state index in [0.717, 1.165) is 33.0 Å². The van der Waals surface area contributed by atoms with Gasteiger partial charge in [0.25, 0.3) is 0 Å². The van der Waals surface area contributed by atoms with E-state index in [-0.39, 0.29) is 34.5 Å². The van der Waals surface area contributed by atoms with Crippen LogP contribution in [0.3, 0.4) is 0 Å². The van der Waals surface area contributed by atoms with Crippen molar-refractivity contribution < 1.29 is 19.8 Å². The molecule has 0 saturated heterocycles. The first-order valence-electron chi connectivity index (χ1n) is 14.4. The van der Waals surface area contributed by atoms with Crippen LogP contribution in [0.4, 0.5) is 0 Å². The highest BCUT2D eigenvalue weighted by atomic mass is 16.3. The molecule has 2 aromatic heterocycles. The van der Waals surface area contributed by atoms with Crippen LogP contribution in [0.2, 0.25) is 0 Å². The molecular formula is C36H26N6O4. The van der Waals surface area contributed by atoms with E-state index in [2.05, 4.69) is 20.6 Å². The number of rotatable bonds is 7. The number of aryl methyl sites for hydroxylation is 2. The average molecular weight is 607 g/mol. The van der Waals surface area contributed by atoms with Crippen molar-refractivity contribution >= 4 is 22.3 Å². The van der Waals surface area contributed by atoms with Gasteiger partial charge in [-0.3, -0.25) is 9.59 Å². The van der Waals surface area contributed by atoms with Crippen LogP contribution in [0.5, 0.6) is 11.5 Å². The molecule has 224 valence electrons. The van der Waals surface area contributed by atoms with E-state index in [0.29, 0.717) is 22.5 Å². The summed E-state index contributed by atoms with van der Waals surface area (Å²) in [5, 5.41) is 39.4. The van der Waals surface area contributed by atoms with Crippen LogP contribution >= 0.6 is 0 Å². The van der Waals surface area contributed by atoms with Gasteiger partial charge in [0, 0.05) is 11.1 Å². The molecule has 5 aromatic carbocycles. The third-order valence-electron chi connectivity index (χ3n) is 7.88. The van der Waals surface area contributed by atoms with Gasteiger partial charge in [-0.15, -0.1) is 10.2 Å². The van der Waals surface area contributed by atoms with Crippen LogP contribution in [0.25, 0.3) is 33.3 Å². The number of aromatic hydroxyl groups is 2. The SMILES string of the molecule is Cc1cccc(O)c1-n1cc(C(=O)c2ccc3ccc(-c4cc(C)c(-n5cc(C(=O)c6ccccc6)nn5)c(O)c4)cc3c2)nn1. The summed E-state index contributed by atoms with van der Waals surface area (Å²) in [4.78, 5) is 26.2. The lowest BCUT2D eigenvalue weighted by Gasteiger charge is -2.12. The molecule has 0 atom stereocenters. The fourth-order valence-electron chi connectivity index (χ4n) is 5.57. The maximum atomic E-state index is 13.4. The number of nitrogens with zero attached hydrogens (tertiary/aromatic N) is 6. The lowest BCUT2D eigenvalue weighted by atomic mass is 9.97. The van der Waals surface area contributed by atoms with E-state index in [1.165, 1.54) is 21.8 Å². The smallest absolute Gasteiger partial charge is 0.214 e. The summed E-state index contributed by atoms with van der Waals surface area (Å²) in [5.74, 6) is -0.543. The minimum absolute atomic E-state index is 0.0228. The number of phenolic OH excluding ortho intramolecular Hbond substituents is 2. The molecule has 0 aliphatic rings. The zero-order valence-electron chi connectivity index (χ0n) is 24.8. The summed E-state index contributed by atoms with van der Waals surface area (Å²) >= 11 is 0. The number of benzene rings is 5. The molecule has 2 heterocycles. The number of carbonyl (C=O) groups is 2. The van der Waals surface area contributed by atoms with Crippen LogP contribution in [-0.2, 0) is 0 Å². The van der Waals surface area contributed by atoms with Gasteiger partial charge < -0.3 is 10.2 Å². The Bertz CT molecular complexity index is 2260. The summed E-state index contributed by atoms with van der Waals surface area (Å²) in [6, 6.07) is 28.8. The van der Waals surface area contributed by atoms with Crippen LogP contribution in [0.1, 0.15) is 43.2 Å². The highest BCUT2D eigenvalue weighted by Gasteiger charge is 2.19. The number of carbonyl (C=O) groups excluding carboxylic acids is 2. The zero-order valence-corrected chi connectivity index (χ0v) is 24.8. The van der Waals surface area contributed by atoms with E-state index in [1.807, 2.05) is 56.3 Å². The van der Waals surface area contributed by atoms with Crippen LogP contribution in [0.15, 0.2) is 109 Å². The normalized spacial score (nSPS) is 11.2. The molecule has 0 spiro atoms. The predicted octanol–water partition coefficient (Wildman–Crippen LogP) is 6.16. The molecule has 2 N–H and O–H groups in total. The summed E-state index contributed by atoms with van der Waals surface area (Å²) in [6.07, 6.45) is 3.02. The third-order valence-corrected chi connectivity index (χ3v) is 7.88. The van der Waals surface area contributed by atoms with Gasteiger partial charge in [0.1, 0.15) is 22.9 Å². The van der Waals surface area contributed by atoms with Crippen LogP contribution in [0, 0.1) is 13.8 Å². The maximum absolute atomic E-state index is 13.4. The minimum Gasteiger partial charge on any atom is -0.506 e. The van der Waals surface area contributed by atoms with Crippen molar-refractivity contribution in [2.45, 2.75) is 13.8 Å². The maximum Gasteiger partial charge on any atom is 0.214 e. The molecule has 7 rings (SSSR count). The van der Waals surface area contributed by atoms with E-state index in [1.54, 1.807) is 54.6 Å². The number of aromatic nitrogens is 6. The Morgan fingerprint density at radius 2 is 1.22 bits per heavy atom. The third kappa shape index (κ3) is 5.07. The monoisotopic (exact) mass is 606 g/mol. The molecule has 46 heavy (non-hydrogen) atoms. The van der Waals surface area contributed by atoms with Gasteiger partial charge in [0.05, 0.1) is 12.4 Å². The van der Waals surface area contributed by atoms with Gasteiger partial charge >= 0.3 is 0 Å². The van der Waals surface area contributed by atoms with Gasteiger partial charge in [0.15, 0.2) is 11.4 Å². The van der Waals surface area contributed by atoms with Crippen molar-refractivity contribution in [2.75, 3.05) is 0 Å². The molecule has 7 aromatic rings. The van der Waals surface area contributed by atoms with Crippen molar-refractivity contribution in [1.29, 1.82) is 0 Å². The Kier molecular flexibility index (Phi) is 6.94. The van der Waals surface area contributed by atoms with Crippen molar-refractivity contribution in [3.63, 3.8) is 0 Å².